The van der Waals surface area contributed by atoms with Crippen molar-refractivity contribution in [3.8, 4) is 0 Å². The minimum atomic E-state index is -1.13. The lowest BCUT2D eigenvalue weighted by atomic mass is 10.2. The van der Waals surface area contributed by atoms with E-state index in [0.717, 1.165) is 12.8 Å². The number of benzene rings is 1. The zero-order valence-electron chi connectivity index (χ0n) is 12.1. The van der Waals surface area contributed by atoms with Crippen LogP contribution >= 0.6 is 23.2 Å². The summed E-state index contributed by atoms with van der Waals surface area (Å²) < 4.78 is 0. The Morgan fingerprint density at radius 2 is 1.86 bits per heavy atom. The molecule has 1 atom stereocenters. The van der Waals surface area contributed by atoms with Crippen LogP contribution in [-0.2, 0) is 0 Å². The van der Waals surface area contributed by atoms with Gasteiger partial charge in [-0.3, -0.25) is 0 Å². The zero-order valence-corrected chi connectivity index (χ0v) is 13.6. The van der Waals surface area contributed by atoms with Gasteiger partial charge in [-0.2, -0.15) is 0 Å². The molecule has 0 radical (unpaired) electrons. The quantitative estimate of drug-likeness (QED) is 0.842. The molecule has 2 amide bonds. The summed E-state index contributed by atoms with van der Waals surface area (Å²) in [5, 5.41) is 11.7. The molecular weight excluding hydrogens is 315 g/mol. The maximum atomic E-state index is 12.1. The highest BCUT2D eigenvalue weighted by Gasteiger charge is 2.19. The SMILES string of the molecule is CCCC(C)N(C)C(=O)Nc1c(Cl)cc(C(=O)O)cc1Cl. The van der Waals surface area contributed by atoms with Gasteiger partial charge >= 0.3 is 12.0 Å². The normalized spacial score (nSPS) is 11.9. The minimum Gasteiger partial charge on any atom is -0.478 e. The number of carboxylic acids is 1. The second-order valence-electron chi connectivity index (χ2n) is 4.80. The first-order valence-electron chi connectivity index (χ1n) is 6.54. The summed E-state index contributed by atoms with van der Waals surface area (Å²) in [6, 6.07) is 2.23. The molecule has 116 valence electrons. The Morgan fingerprint density at radius 1 is 1.33 bits per heavy atom. The van der Waals surface area contributed by atoms with Gasteiger partial charge in [-0.1, -0.05) is 36.5 Å². The van der Waals surface area contributed by atoms with Crippen molar-refractivity contribution in [1.82, 2.24) is 4.90 Å². The van der Waals surface area contributed by atoms with E-state index in [1.807, 2.05) is 13.8 Å². The molecule has 0 heterocycles. The highest BCUT2D eigenvalue weighted by atomic mass is 35.5. The monoisotopic (exact) mass is 332 g/mol. The molecule has 1 aromatic rings. The Kier molecular flexibility index (Phi) is 6.30. The predicted molar refractivity (Wildman–Crippen MR) is 84.6 cm³/mol. The number of anilines is 1. The number of nitrogens with one attached hydrogen (secondary N) is 1. The molecule has 0 bridgehead atoms. The summed E-state index contributed by atoms with van der Waals surface area (Å²) in [5.74, 6) is -1.13. The fourth-order valence-corrected chi connectivity index (χ4v) is 2.40. The number of urea groups is 1. The van der Waals surface area contributed by atoms with Crippen LogP contribution in [0.25, 0.3) is 0 Å². The second kappa shape index (κ2) is 7.52. The van der Waals surface area contributed by atoms with Crippen LogP contribution in [0, 0.1) is 0 Å². The summed E-state index contributed by atoms with van der Waals surface area (Å²) in [4.78, 5) is 24.6. The third-order valence-corrected chi connectivity index (χ3v) is 3.81. The Labute approximate surface area is 133 Å². The van der Waals surface area contributed by atoms with E-state index in [1.54, 1.807) is 11.9 Å². The van der Waals surface area contributed by atoms with Crippen LogP contribution in [0.15, 0.2) is 12.1 Å². The van der Waals surface area contributed by atoms with Gasteiger partial charge in [0.15, 0.2) is 0 Å². The van der Waals surface area contributed by atoms with Gasteiger partial charge in [0.1, 0.15) is 0 Å². The standard InChI is InChI=1S/C14H18Cl2N2O3/c1-4-5-8(2)18(3)14(21)17-12-10(15)6-9(13(19)20)7-11(12)16/h6-8H,4-5H2,1-3H3,(H,17,21)(H,19,20). The molecule has 5 nitrogen and oxygen atoms in total. The number of aromatic carboxylic acids is 1. The second-order valence-corrected chi connectivity index (χ2v) is 5.61. The molecule has 1 unspecified atom stereocenters. The number of halogens is 2. The van der Waals surface area contributed by atoms with E-state index in [2.05, 4.69) is 5.32 Å². The van der Waals surface area contributed by atoms with Gasteiger partial charge in [-0.15, -0.1) is 0 Å². The first-order chi connectivity index (χ1) is 9.77. The fourth-order valence-electron chi connectivity index (χ4n) is 1.82. The number of carboxylic acid groups (broad SMARTS) is 1. The molecule has 0 aliphatic carbocycles. The minimum absolute atomic E-state index is 0.0318. The molecule has 0 aliphatic heterocycles. The lowest BCUT2D eigenvalue weighted by Crippen LogP contribution is -2.38. The van der Waals surface area contributed by atoms with E-state index < -0.39 is 5.97 Å². The number of carbonyl (C=O) groups excluding carboxylic acids is 1. The molecule has 0 saturated carbocycles. The molecule has 1 rings (SSSR count). The van der Waals surface area contributed by atoms with E-state index >= 15 is 0 Å². The van der Waals surface area contributed by atoms with Crippen LogP contribution in [0.3, 0.4) is 0 Å². The van der Waals surface area contributed by atoms with E-state index in [9.17, 15) is 9.59 Å². The van der Waals surface area contributed by atoms with Crippen molar-refractivity contribution in [2.75, 3.05) is 12.4 Å². The van der Waals surface area contributed by atoms with Crippen molar-refractivity contribution in [3.05, 3.63) is 27.7 Å². The average Bonchev–Trinajstić information content (AvgIpc) is 2.41. The Hall–Kier alpha value is -1.46. The van der Waals surface area contributed by atoms with Crippen molar-refractivity contribution in [3.63, 3.8) is 0 Å². The third-order valence-electron chi connectivity index (χ3n) is 3.21. The van der Waals surface area contributed by atoms with Gasteiger partial charge in [-0.05, 0) is 25.5 Å². The van der Waals surface area contributed by atoms with Crippen LogP contribution in [0.1, 0.15) is 37.0 Å². The number of amides is 2. The van der Waals surface area contributed by atoms with Crippen molar-refractivity contribution < 1.29 is 14.7 Å². The average molecular weight is 333 g/mol. The molecule has 0 spiro atoms. The number of hydrogen-bond donors (Lipinski definition) is 2. The number of hydrogen-bond acceptors (Lipinski definition) is 2. The van der Waals surface area contributed by atoms with Crippen molar-refractivity contribution in [2.45, 2.75) is 32.7 Å². The van der Waals surface area contributed by atoms with Crippen LogP contribution in [0.2, 0.25) is 10.0 Å². The smallest absolute Gasteiger partial charge is 0.335 e. The number of rotatable bonds is 5. The van der Waals surface area contributed by atoms with E-state index in [0.29, 0.717) is 0 Å². The van der Waals surface area contributed by atoms with Gasteiger partial charge in [0.25, 0.3) is 0 Å². The number of carbonyl (C=O) groups is 2. The summed E-state index contributed by atoms with van der Waals surface area (Å²) in [5.41, 5.74) is 0.180. The van der Waals surface area contributed by atoms with Crippen LogP contribution < -0.4 is 5.32 Å². The third kappa shape index (κ3) is 4.51. The van der Waals surface area contributed by atoms with Gasteiger partial charge in [-0.25, -0.2) is 9.59 Å². The first kappa shape index (κ1) is 17.6. The molecule has 0 saturated heterocycles. The van der Waals surface area contributed by atoms with E-state index in [4.69, 9.17) is 28.3 Å². The van der Waals surface area contributed by atoms with E-state index in [1.165, 1.54) is 12.1 Å². The van der Waals surface area contributed by atoms with Crippen LogP contribution in [-0.4, -0.2) is 35.1 Å². The Morgan fingerprint density at radius 3 is 2.29 bits per heavy atom. The predicted octanol–water partition coefficient (Wildman–Crippen LogP) is 4.34. The molecular formula is C14H18Cl2N2O3. The van der Waals surface area contributed by atoms with Crippen molar-refractivity contribution in [2.24, 2.45) is 0 Å². The topological polar surface area (TPSA) is 69.6 Å². The van der Waals surface area contributed by atoms with Crippen molar-refractivity contribution in [1.29, 1.82) is 0 Å². The Balaban J connectivity index is 2.93. The molecule has 0 fully saturated rings. The molecule has 21 heavy (non-hydrogen) atoms. The highest BCUT2D eigenvalue weighted by molar-refractivity contribution is 6.40. The molecule has 0 aliphatic rings. The first-order valence-corrected chi connectivity index (χ1v) is 7.29. The maximum Gasteiger partial charge on any atom is 0.335 e. The summed E-state index contributed by atoms with van der Waals surface area (Å²) >= 11 is 12.0. The summed E-state index contributed by atoms with van der Waals surface area (Å²) in [7, 11) is 1.68. The Bertz CT molecular complexity index is 526. The van der Waals surface area contributed by atoms with Gasteiger partial charge in [0.2, 0.25) is 0 Å². The molecule has 1 aromatic carbocycles. The summed E-state index contributed by atoms with van der Waals surface area (Å²) in [6.45, 7) is 3.99. The van der Waals surface area contributed by atoms with Crippen molar-refractivity contribution >= 4 is 40.9 Å². The lowest BCUT2D eigenvalue weighted by molar-refractivity contribution is 0.0697. The van der Waals surface area contributed by atoms with Crippen LogP contribution in [0.4, 0.5) is 10.5 Å². The maximum absolute atomic E-state index is 12.1. The largest absolute Gasteiger partial charge is 0.478 e. The summed E-state index contributed by atoms with van der Waals surface area (Å²) in [6.07, 6.45) is 1.84. The van der Waals surface area contributed by atoms with E-state index in [-0.39, 0.29) is 33.4 Å². The highest BCUT2D eigenvalue weighted by Crippen LogP contribution is 2.32. The molecule has 7 heteroatoms. The van der Waals surface area contributed by atoms with Crippen LogP contribution in [0.5, 0.6) is 0 Å². The zero-order chi connectivity index (χ0) is 16.2. The molecule has 2 N–H and O–H groups in total. The number of nitrogens with zero attached hydrogens (tertiary/aromatic N) is 1. The van der Waals surface area contributed by atoms with Gasteiger partial charge in [0, 0.05) is 13.1 Å². The lowest BCUT2D eigenvalue weighted by Gasteiger charge is -2.25. The molecule has 0 aromatic heterocycles. The van der Waals surface area contributed by atoms with Gasteiger partial charge in [0.05, 0.1) is 21.3 Å². The fraction of sp³-hybridized carbons (Fsp3) is 0.429. The van der Waals surface area contributed by atoms with Gasteiger partial charge < -0.3 is 15.3 Å².